The molecule has 0 radical (unpaired) electrons. The van der Waals surface area contributed by atoms with Crippen molar-refractivity contribution in [3.05, 3.63) is 29.8 Å². The first-order chi connectivity index (χ1) is 9.37. The highest BCUT2D eigenvalue weighted by molar-refractivity contribution is 5.89. The van der Waals surface area contributed by atoms with Crippen LogP contribution in [0.25, 0.3) is 0 Å². The highest BCUT2D eigenvalue weighted by atomic mass is 19.4. The summed E-state index contributed by atoms with van der Waals surface area (Å²) in [4.78, 5) is 11.4. The number of rotatable bonds is 2. The fraction of sp³-hybridized carbons (Fsp3) is 0.417. The Morgan fingerprint density at radius 1 is 0.952 bits per heavy atom. The van der Waals surface area contributed by atoms with Crippen molar-refractivity contribution in [1.82, 2.24) is 5.32 Å². The van der Waals surface area contributed by atoms with Gasteiger partial charge in [0.15, 0.2) is 0 Å². The Balaban J connectivity index is 2.90. The number of benzene rings is 1. The number of anilines is 1. The first-order valence-corrected chi connectivity index (χ1v) is 5.66. The number of carbonyl (C=O) groups is 1. The molecular weight excluding hydrogens is 302 g/mol. The second-order valence-electron chi connectivity index (χ2n) is 4.57. The number of urea groups is 1. The van der Waals surface area contributed by atoms with Gasteiger partial charge in [-0.1, -0.05) is 17.7 Å². The van der Waals surface area contributed by atoms with E-state index in [4.69, 9.17) is 0 Å². The van der Waals surface area contributed by atoms with Crippen LogP contribution in [0.2, 0.25) is 0 Å². The fourth-order valence-corrected chi connectivity index (χ4v) is 1.33. The molecule has 2 amide bonds. The van der Waals surface area contributed by atoms with Crippen molar-refractivity contribution in [2.45, 2.75) is 31.7 Å². The van der Waals surface area contributed by atoms with Gasteiger partial charge in [0.25, 0.3) is 0 Å². The first-order valence-electron chi connectivity index (χ1n) is 5.66. The van der Waals surface area contributed by atoms with E-state index in [9.17, 15) is 31.1 Å². The second kappa shape index (κ2) is 5.45. The van der Waals surface area contributed by atoms with E-state index in [0.717, 1.165) is 10.9 Å². The molecule has 0 bridgehead atoms. The topological polar surface area (TPSA) is 41.1 Å². The van der Waals surface area contributed by atoms with Gasteiger partial charge in [-0.05, 0) is 26.0 Å². The molecule has 9 heteroatoms. The summed E-state index contributed by atoms with van der Waals surface area (Å²) in [5.74, 6) is 0. The van der Waals surface area contributed by atoms with Crippen molar-refractivity contribution in [3.8, 4) is 0 Å². The third-order valence-corrected chi connectivity index (χ3v) is 2.81. The van der Waals surface area contributed by atoms with Gasteiger partial charge in [-0.3, -0.25) is 0 Å². The smallest absolute Gasteiger partial charge is 0.316 e. The number of hydrogen-bond acceptors (Lipinski definition) is 1. The summed E-state index contributed by atoms with van der Waals surface area (Å²) in [6.07, 6.45) is -11.4. The van der Waals surface area contributed by atoms with Crippen molar-refractivity contribution in [2.24, 2.45) is 0 Å². The summed E-state index contributed by atoms with van der Waals surface area (Å²) in [7, 11) is 0. The minimum absolute atomic E-state index is 0.0739. The molecule has 21 heavy (non-hydrogen) atoms. The van der Waals surface area contributed by atoms with Gasteiger partial charge in [-0.25, -0.2) is 4.79 Å². The van der Waals surface area contributed by atoms with Crippen LogP contribution >= 0.6 is 0 Å². The quantitative estimate of drug-likeness (QED) is 0.796. The molecule has 1 aromatic carbocycles. The van der Waals surface area contributed by atoms with Crippen molar-refractivity contribution < 1.29 is 31.1 Å². The van der Waals surface area contributed by atoms with Crippen LogP contribution in [0, 0.1) is 6.92 Å². The van der Waals surface area contributed by atoms with E-state index < -0.39 is 23.9 Å². The molecule has 0 aliphatic carbocycles. The molecule has 118 valence electrons. The third-order valence-electron chi connectivity index (χ3n) is 2.81. The SMILES string of the molecule is Cc1ccc(NC(=O)NC(C)(C(F)(F)F)C(F)(F)F)cc1. The van der Waals surface area contributed by atoms with Crippen LogP contribution in [-0.4, -0.2) is 23.9 Å². The zero-order valence-corrected chi connectivity index (χ0v) is 11.0. The van der Waals surface area contributed by atoms with E-state index in [1.54, 1.807) is 19.1 Å². The van der Waals surface area contributed by atoms with Gasteiger partial charge in [0, 0.05) is 5.69 Å². The third kappa shape index (κ3) is 3.79. The average molecular weight is 314 g/mol. The summed E-state index contributed by atoms with van der Waals surface area (Å²) in [6.45, 7) is 1.59. The van der Waals surface area contributed by atoms with Crippen LogP contribution < -0.4 is 10.6 Å². The Kier molecular flexibility index (Phi) is 4.45. The highest BCUT2D eigenvalue weighted by Crippen LogP contribution is 2.42. The van der Waals surface area contributed by atoms with Gasteiger partial charge < -0.3 is 10.6 Å². The molecule has 0 fully saturated rings. The normalized spacial score (nSPS) is 13.0. The standard InChI is InChI=1S/C12H12F6N2O/c1-7-3-5-8(6-4-7)19-9(21)20-10(2,11(13,14)15)12(16,17)18/h3-6H,1-2H3,(H2,19,20,21). The predicted molar refractivity (Wildman–Crippen MR) is 63.8 cm³/mol. The Labute approximate surface area is 116 Å². The van der Waals surface area contributed by atoms with Gasteiger partial charge in [0.05, 0.1) is 0 Å². The molecule has 1 rings (SSSR count). The maximum absolute atomic E-state index is 12.6. The minimum Gasteiger partial charge on any atom is -0.316 e. The molecule has 2 N–H and O–H groups in total. The highest BCUT2D eigenvalue weighted by Gasteiger charge is 2.68. The van der Waals surface area contributed by atoms with Crippen molar-refractivity contribution in [2.75, 3.05) is 5.32 Å². The fourth-order valence-electron chi connectivity index (χ4n) is 1.33. The number of halogens is 6. The van der Waals surface area contributed by atoms with Gasteiger partial charge in [0.2, 0.25) is 5.54 Å². The summed E-state index contributed by atoms with van der Waals surface area (Å²) >= 11 is 0. The van der Waals surface area contributed by atoms with Crippen LogP contribution in [0.1, 0.15) is 12.5 Å². The van der Waals surface area contributed by atoms with Crippen LogP contribution in [0.15, 0.2) is 24.3 Å². The molecule has 0 saturated heterocycles. The van der Waals surface area contributed by atoms with Gasteiger partial charge in [0.1, 0.15) is 0 Å². The number of hydrogen-bond donors (Lipinski definition) is 2. The van der Waals surface area contributed by atoms with E-state index in [1.165, 1.54) is 12.1 Å². The number of alkyl halides is 6. The van der Waals surface area contributed by atoms with Crippen molar-refractivity contribution in [1.29, 1.82) is 0 Å². The largest absolute Gasteiger partial charge is 0.420 e. The van der Waals surface area contributed by atoms with Crippen LogP contribution in [-0.2, 0) is 0 Å². The van der Waals surface area contributed by atoms with E-state index in [-0.39, 0.29) is 12.6 Å². The monoisotopic (exact) mass is 314 g/mol. The van der Waals surface area contributed by atoms with Gasteiger partial charge in [-0.2, -0.15) is 26.3 Å². The van der Waals surface area contributed by atoms with Crippen molar-refractivity contribution >= 4 is 11.7 Å². The Morgan fingerprint density at radius 3 is 1.76 bits per heavy atom. The van der Waals surface area contributed by atoms with Gasteiger partial charge >= 0.3 is 18.4 Å². The van der Waals surface area contributed by atoms with Crippen LogP contribution in [0.4, 0.5) is 36.8 Å². The summed E-state index contributed by atoms with van der Waals surface area (Å²) in [5, 5.41) is 2.86. The molecule has 0 saturated carbocycles. The van der Waals surface area contributed by atoms with E-state index in [0.29, 0.717) is 0 Å². The summed E-state index contributed by atoms with van der Waals surface area (Å²) < 4.78 is 75.5. The van der Waals surface area contributed by atoms with Crippen molar-refractivity contribution in [3.63, 3.8) is 0 Å². The lowest BCUT2D eigenvalue weighted by atomic mass is 10.0. The zero-order valence-electron chi connectivity index (χ0n) is 11.0. The summed E-state index contributed by atoms with van der Waals surface area (Å²) in [5.41, 5.74) is -3.45. The van der Waals surface area contributed by atoms with E-state index in [1.807, 2.05) is 5.32 Å². The number of amides is 2. The number of aryl methyl sites for hydroxylation is 1. The van der Waals surface area contributed by atoms with E-state index in [2.05, 4.69) is 0 Å². The number of carbonyl (C=O) groups excluding carboxylic acids is 1. The number of nitrogens with one attached hydrogen (secondary N) is 2. The lowest BCUT2D eigenvalue weighted by Crippen LogP contribution is -2.66. The molecule has 0 aliphatic rings. The Morgan fingerprint density at radius 2 is 1.38 bits per heavy atom. The molecule has 0 spiro atoms. The average Bonchev–Trinajstić information content (AvgIpc) is 2.29. The molecule has 0 aliphatic heterocycles. The molecule has 3 nitrogen and oxygen atoms in total. The molecular formula is C12H12F6N2O. The van der Waals surface area contributed by atoms with Gasteiger partial charge in [-0.15, -0.1) is 0 Å². The van der Waals surface area contributed by atoms with Crippen LogP contribution in [0.5, 0.6) is 0 Å². The maximum Gasteiger partial charge on any atom is 0.420 e. The van der Waals surface area contributed by atoms with E-state index >= 15 is 0 Å². The minimum atomic E-state index is -5.68. The lowest BCUT2D eigenvalue weighted by molar-refractivity contribution is -0.297. The lowest BCUT2D eigenvalue weighted by Gasteiger charge is -2.34. The predicted octanol–water partition coefficient (Wildman–Crippen LogP) is 4.00. The molecule has 1 aromatic rings. The maximum atomic E-state index is 12.6. The molecule has 0 unspecified atom stereocenters. The summed E-state index contributed by atoms with van der Waals surface area (Å²) in [6, 6.07) is 4.20. The first kappa shape index (κ1) is 17.1. The van der Waals surface area contributed by atoms with Crippen LogP contribution in [0.3, 0.4) is 0 Å². The molecule has 0 atom stereocenters. The molecule has 0 heterocycles. The zero-order chi connectivity index (χ0) is 16.5. The molecule has 0 aromatic heterocycles. The second-order valence-corrected chi connectivity index (χ2v) is 4.57. The Bertz CT molecular complexity index is 492. The Hall–Kier alpha value is -1.93.